The van der Waals surface area contributed by atoms with Crippen LogP contribution in [-0.2, 0) is 20.0 Å². The summed E-state index contributed by atoms with van der Waals surface area (Å²) in [6.45, 7) is 18.8. The molecule has 2 aromatic carbocycles. The van der Waals surface area contributed by atoms with Gasteiger partial charge in [0.15, 0.2) is 5.03 Å². The molecule has 0 aliphatic carbocycles. The number of nitrogens with two attached hydrogens (primary N) is 1. The number of sulfonamides is 2. The van der Waals surface area contributed by atoms with Crippen molar-refractivity contribution in [1.29, 1.82) is 0 Å². The first-order chi connectivity index (χ1) is 35.5. The van der Waals surface area contributed by atoms with E-state index < -0.39 is 31.9 Å². The maximum Gasteiger partial charge on any atom is 0.281 e. The van der Waals surface area contributed by atoms with E-state index in [1.165, 1.54) is 24.4 Å². The number of hydrogen-bond acceptors (Lipinski definition) is 16. The summed E-state index contributed by atoms with van der Waals surface area (Å²) in [7, 11) is -8.51. The van der Waals surface area contributed by atoms with Crippen molar-refractivity contribution < 1.29 is 31.2 Å². The predicted molar refractivity (Wildman–Crippen MR) is 292 cm³/mol. The fourth-order valence-electron chi connectivity index (χ4n) is 9.76. The molecule has 9 rings (SSSR count). The van der Waals surface area contributed by atoms with Crippen molar-refractivity contribution in [1.82, 2.24) is 34.4 Å². The maximum atomic E-state index is 13.5. The molecule has 2 atom stereocenters. The van der Waals surface area contributed by atoms with Crippen LogP contribution in [0.3, 0.4) is 0 Å². The molecule has 5 N–H and O–H groups in total. The van der Waals surface area contributed by atoms with Crippen molar-refractivity contribution in [3.05, 3.63) is 139 Å². The average Bonchev–Trinajstić information content (AvgIpc) is 3.82. The number of nitrogen functional groups attached to an aromatic ring is 1. The number of nitrogens with one attached hydrogen (secondary N) is 3. The Morgan fingerprint density at radius 1 is 0.707 bits per heavy atom. The van der Waals surface area contributed by atoms with Crippen LogP contribution in [0.5, 0.6) is 5.75 Å². The minimum atomic E-state index is -4.26. The number of anilines is 5. The summed E-state index contributed by atoms with van der Waals surface area (Å²) < 4.78 is 62.7. The van der Waals surface area contributed by atoms with Gasteiger partial charge >= 0.3 is 0 Å². The Labute approximate surface area is 438 Å². The first-order valence-corrected chi connectivity index (χ1v) is 27.6. The monoisotopic (exact) mass is 1050 g/mol. The normalized spacial score (nSPS) is 17.0. The number of hydrogen-bond donors (Lipinski definition) is 4. The van der Waals surface area contributed by atoms with E-state index in [1.54, 1.807) is 48.8 Å². The SMILES string of the molecule is CC(C)COc1ccccc1-c1ccc(C(=O)NS(=O)(=O)c2cccnc2N)c(N2C[C@@H](C)CC2(C)C)n1.CC1CN(c2ncccc2C(=O)NS(=O)(=O)c2cccc(Nc3cnc4ccccc4c3)n2)C(C)(C)C1. The largest absolute Gasteiger partial charge is 0.493 e. The zero-order valence-electron chi connectivity index (χ0n) is 43.3. The quantitative estimate of drug-likeness (QED) is 0.0794. The van der Waals surface area contributed by atoms with Gasteiger partial charge in [0.25, 0.3) is 31.9 Å². The average molecular weight is 1050 g/mol. The number of para-hydroxylation sites is 2. The number of carbonyl (C=O) groups excluding carboxylic acids is 2. The second kappa shape index (κ2) is 21.6. The summed E-state index contributed by atoms with van der Waals surface area (Å²) in [6, 6.07) is 31.1. The van der Waals surface area contributed by atoms with Crippen LogP contribution < -0.4 is 35.0 Å². The molecule has 20 heteroatoms. The lowest BCUT2D eigenvalue weighted by molar-refractivity contribution is 0.0972. The Morgan fingerprint density at radius 2 is 1.33 bits per heavy atom. The Balaban J connectivity index is 0.000000199. The van der Waals surface area contributed by atoms with Crippen LogP contribution in [0.1, 0.15) is 88.9 Å². The zero-order chi connectivity index (χ0) is 53.9. The first-order valence-electron chi connectivity index (χ1n) is 24.7. The summed E-state index contributed by atoms with van der Waals surface area (Å²) in [6.07, 6.45) is 6.49. The van der Waals surface area contributed by atoms with Crippen molar-refractivity contribution in [3.63, 3.8) is 0 Å². The van der Waals surface area contributed by atoms with E-state index in [2.05, 4.69) is 99.9 Å². The highest BCUT2D eigenvalue weighted by atomic mass is 32.2. The molecule has 75 heavy (non-hydrogen) atoms. The molecule has 5 aromatic heterocycles. The number of amides is 2. The number of aromatic nitrogens is 5. The fraction of sp³-hybridized carbons (Fsp3) is 0.327. The number of nitrogens with zero attached hydrogens (tertiary/aromatic N) is 7. The Hall–Kier alpha value is -7.71. The highest BCUT2D eigenvalue weighted by molar-refractivity contribution is 7.90. The lowest BCUT2D eigenvalue weighted by atomic mass is 9.97. The Morgan fingerprint density at radius 3 is 2.01 bits per heavy atom. The lowest BCUT2D eigenvalue weighted by Crippen LogP contribution is -2.41. The van der Waals surface area contributed by atoms with Crippen molar-refractivity contribution in [2.45, 2.75) is 89.2 Å². The summed E-state index contributed by atoms with van der Waals surface area (Å²) in [4.78, 5) is 52.4. The molecule has 18 nitrogen and oxygen atoms in total. The lowest BCUT2D eigenvalue weighted by Gasteiger charge is -2.34. The molecule has 2 saturated heterocycles. The molecule has 1 unspecified atom stereocenters. The van der Waals surface area contributed by atoms with E-state index in [4.69, 9.17) is 15.5 Å². The van der Waals surface area contributed by atoms with Crippen molar-refractivity contribution in [2.24, 2.45) is 17.8 Å². The third kappa shape index (κ3) is 12.3. The maximum absolute atomic E-state index is 13.5. The fourth-order valence-corrected chi connectivity index (χ4v) is 11.7. The Bertz CT molecular complexity index is 3480. The number of carbonyl (C=O) groups is 2. The second-order valence-corrected chi connectivity index (χ2v) is 24.0. The van der Waals surface area contributed by atoms with E-state index in [0.29, 0.717) is 65.5 Å². The van der Waals surface area contributed by atoms with Gasteiger partial charge in [-0.3, -0.25) is 14.6 Å². The highest BCUT2D eigenvalue weighted by Crippen LogP contribution is 2.40. The molecule has 7 heterocycles. The van der Waals surface area contributed by atoms with Gasteiger partial charge in [-0.25, -0.2) is 37.8 Å². The standard InChI is InChI=1S/C28H35N5O4S.C27H28N6O3S/c1-18(2)17-37-23-10-7-6-9-20(23)22-13-12-21(26(31-22)33-16-19(3)15-28(33,4)5)27(34)32-38(35,36)24-11-8-14-30-25(24)29;1-18-15-27(2,3)33(17-18)25-21(9-7-13-28-25)26(34)32-37(35,36)24-12-6-11-23(31-24)30-20-14-19-8-4-5-10-22(19)29-16-20/h6-14,18-19H,15-17H2,1-5H3,(H2,29,30)(H,32,34);4-14,16,18H,15,17H2,1-3H3,(H,30,31)(H,32,34)/t19-;/m0./s1. The van der Waals surface area contributed by atoms with Crippen LogP contribution >= 0.6 is 0 Å². The minimum Gasteiger partial charge on any atom is -0.493 e. The van der Waals surface area contributed by atoms with Gasteiger partial charge in [-0.05, 0) is 131 Å². The summed E-state index contributed by atoms with van der Waals surface area (Å²) in [5, 5.41) is 3.74. The van der Waals surface area contributed by atoms with Gasteiger partial charge in [0, 0.05) is 47.5 Å². The number of benzene rings is 2. The van der Waals surface area contributed by atoms with E-state index in [1.807, 2.05) is 54.6 Å². The molecule has 2 aliphatic rings. The van der Waals surface area contributed by atoms with Gasteiger partial charge < -0.3 is 25.6 Å². The molecule has 0 bridgehead atoms. The molecule has 7 aromatic rings. The first kappa shape index (κ1) is 53.6. The third-order valence-electron chi connectivity index (χ3n) is 12.9. The molecule has 0 radical (unpaired) electrons. The van der Waals surface area contributed by atoms with Crippen molar-refractivity contribution >= 4 is 71.7 Å². The number of fused-ring (bicyclic) bond motifs is 1. The highest BCUT2D eigenvalue weighted by Gasteiger charge is 2.41. The van der Waals surface area contributed by atoms with Gasteiger partial charge in [-0.2, -0.15) is 8.42 Å². The molecule has 2 fully saturated rings. The molecular formula is C55H63N11O7S2. The Kier molecular flexibility index (Phi) is 15.5. The minimum absolute atomic E-state index is 0.155. The number of pyridine rings is 5. The van der Waals surface area contributed by atoms with E-state index >= 15 is 0 Å². The predicted octanol–water partition coefficient (Wildman–Crippen LogP) is 9.02. The van der Waals surface area contributed by atoms with Crippen LogP contribution in [0.15, 0.2) is 138 Å². The van der Waals surface area contributed by atoms with Crippen LogP contribution in [0.2, 0.25) is 0 Å². The smallest absolute Gasteiger partial charge is 0.281 e. The van der Waals surface area contributed by atoms with E-state index in [-0.39, 0.29) is 37.9 Å². The topological polar surface area (TPSA) is 245 Å². The third-order valence-corrected chi connectivity index (χ3v) is 15.6. The zero-order valence-corrected chi connectivity index (χ0v) is 44.9. The van der Waals surface area contributed by atoms with E-state index in [0.717, 1.165) is 35.9 Å². The van der Waals surface area contributed by atoms with Gasteiger partial charge in [0.1, 0.15) is 33.9 Å². The van der Waals surface area contributed by atoms with Gasteiger partial charge in [-0.1, -0.05) is 64.1 Å². The number of rotatable bonds is 14. The van der Waals surface area contributed by atoms with Crippen LogP contribution in [0, 0.1) is 17.8 Å². The summed E-state index contributed by atoms with van der Waals surface area (Å²) >= 11 is 0. The van der Waals surface area contributed by atoms with Crippen molar-refractivity contribution in [3.8, 4) is 17.0 Å². The number of ether oxygens (including phenoxy) is 1. The van der Waals surface area contributed by atoms with Crippen LogP contribution in [0.4, 0.5) is 29.0 Å². The second-order valence-electron chi connectivity index (χ2n) is 20.8. The van der Waals surface area contributed by atoms with Crippen molar-refractivity contribution in [2.75, 3.05) is 40.5 Å². The van der Waals surface area contributed by atoms with Gasteiger partial charge in [0.05, 0.1) is 40.8 Å². The van der Waals surface area contributed by atoms with Gasteiger partial charge in [-0.15, -0.1) is 0 Å². The molecule has 392 valence electrons. The van der Waals surface area contributed by atoms with E-state index in [9.17, 15) is 26.4 Å². The molecule has 0 saturated carbocycles. The molecule has 0 spiro atoms. The van der Waals surface area contributed by atoms with Crippen LogP contribution in [-0.4, -0.2) is 84.3 Å². The molecule has 2 aliphatic heterocycles. The molecule has 2 amide bonds. The van der Waals surface area contributed by atoms with Crippen LogP contribution in [0.25, 0.3) is 22.2 Å². The summed E-state index contributed by atoms with van der Waals surface area (Å²) in [5.41, 5.74) is 8.56. The van der Waals surface area contributed by atoms with Gasteiger partial charge in [0.2, 0.25) is 0 Å². The summed E-state index contributed by atoms with van der Waals surface area (Å²) in [5.74, 6) is 1.30. The molecular weight excluding hydrogens is 991 g/mol.